The van der Waals surface area contributed by atoms with Crippen LogP contribution in [0.15, 0.2) is 53.4 Å². The first kappa shape index (κ1) is 18.7. The molecule has 1 aliphatic carbocycles. The van der Waals surface area contributed by atoms with E-state index in [-0.39, 0.29) is 10.8 Å². The molecule has 0 spiro atoms. The van der Waals surface area contributed by atoms with Crippen LogP contribution in [0.4, 0.5) is 5.69 Å². The van der Waals surface area contributed by atoms with Gasteiger partial charge in [0.15, 0.2) is 0 Å². The molecular formula is C19H21ClN2O3S. The van der Waals surface area contributed by atoms with Gasteiger partial charge in [-0.3, -0.25) is 9.52 Å². The average Bonchev–Trinajstić information content (AvgIpc) is 3.15. The number of nitrogens with one attached hydrogen (secondary N) is 2. The van der Waals surface area contributed by atoms with Crippen molar-refractivity contribution in [2.75, 3.05) is 11.3 Å². The molecule has 2 aromatic rings. The molecule has 0 aliphatic heterocycles. The van der Waals surface area contributed by atoms with Crippen molar-refractivity contribution in [2.24, 2.45) is 5.92 Å². The van der Waals surface area contributed by atoms with Crippen molar-refractivity contribution in [2.45, 2.75) is 30.6 Å². The van der Waals surface area contributed by atoms with Gasteiger partial charge in [0, 0.05) is 12.1 Å². The van der Waals surface area contributed by atoms with Crippen molar-refractivity contribution in [1.29, 1.82) is 0 Å². The monoisotopic (exact) mass is 392 g/mol. The van der Waals surface area contributed by atoms with Crippen molar-refractivity contribution >= 4 is 33.2 Å². The van der Waals surface area contributed by atoms with Crippen LogP contribution in [0.25, 0.3) is 0 Å². The third-order valence-electron chi connectivity index (χ3n) is 4.55. The minimum absolute atomic E-state index is 0.0194. The number of sulfonamides is 1. The Bertz CT molecular complexity index is 893. The first-order valence-electron chi connectivity index (χ1n) is 8.61. The van der Waals surface area contributed by atoms with Crippen molar-refractivity contribution in [3.8, 4) is 0 Å². The van der Waals surface area contributed by atoms with Gasteiger partial charge < -0.3 is 5.32 Å². The lowest BCUT2D eigenvalue weighted by Gasteiger charge is -2.12. The van der Waals surface area contributed by atoms with E-state index in [4.69, 9.17) is 11.6 Å². The highest BCUT2D eigenvalue weighted by molar-refractivity contribution is 7.92. The van der Waals surface area contributed by atoms with E-state index in [9.17, 15) is 13.2 Å². The molecule has 0 unspecified atom stereocenters. The van der Waals surface area contributed by atoms with Gasteiger partial charge in [-0.1, -0.05) is 42.6 Å². The van der Waals surface area contributed by atoms with Crippen molar-refractivity contribution < 1.29 is 13.2 Å². The summed E-state index contributed by atoms with van der Waals surface area (Å²) in [4.78, 5) is 12.4. The lowest BCUT2D eigenvalue weighted by molar-refractivity contribution is 0.0947. The number of halogens is 1. The lowest BCUT2D eigenvalue weighted by atomic mass is 10.1. The minimum Gasteiger partial charge on any atom is -0.352 e. The second-order valence-electron chi connectivity index (χ2n) is 6.47. The third-order valence-corrected chi connectivity index (χ3v) is 6.24. The molecule has 0 saturated heterocycles. The molecular weight excluding hydrogens is 372 g/mol. The molecule has 0 bridgehead atoms. The molecule has 138 valence electrons. The molecule has 3 rings (SSSR count). The number of hydrogen-bond acceptors (Lipinski definition) is 3. The molecule has 5 nitrogen and oxygen atoms in total. The molecule has 26 heavy (non-hydrogen) atoms. The molecule has 0 aromatic heterocycles. The zero-order chi connectivity index (χ0) is 18.6. The molecule has 0 heterocycles. The number of para-hydroxylation sites is 1. The van der Waals surface area contributed by atoms with Crippen LogP contribution in [-0.2, 0) is 10.0 Å². The Kier molecular flexibility index (Phi) is 5.84. The van der Waals surface area contributed by atoms with E-state index >= 15 is 0 Å². The number of carbonyl (C=O) groups is 1. The fraction of sp³-hybridized carbons (Fsp3) is 0.316. The van der Waals surface area contributed by atoms with E-state index in [1.54, 1.807) is 36.4 Å². The minimum atomic E-state index is -3.84. The summed E-state index contributed by atoms with van der Waals surface area (Å²) in [7, 11) is -3.84. The number of anilines is 1. The molecule has 1 fully saturated rings. The summed E-state index contributed by atoms with van der Waals surface area (Å²) in [5, 5.41) is 3.21. The SMILES string of the molecule is O=C(NCC1CCCC1)c1cccc(S(=O)(=O)Nc2ccccc2Cl)c1. The second-order valence-corrected chi connectivity index (χ2v) is 8.56. The Morgan fingerprint density at radius 2 is 1.81 bits per heavy atom. The summed E-state index contributed by atoms with van der Waals surface area (Å²) in [5.74, 6) is 0.263. The van der Waals surface area contributed by atoms with Crippen molar-refractivity contribution in [1.82, 2.24) is 5.32 Å². The number of carbonyl (C=O) groups excluding carboxylic acids is 1. The highest BCUT2D eigenvalue weighted by atomic mass is 35.5. The fourth-order valence-electron chi connectivity index (χ4n) is 3.11. The van der Waals surface area contributed by atoms with Gasteiger partial charge in [0.25, 0.3) is 15.9 Å². The fourth-order valence-corrected chi connectivity index (χ4v) is 4.47. The standard InChI is InChI=1S/C19H21ClN2O3S/c20-17-10-3-4-11-18(17)22-26(24,25)16-9-5-8-15(12-16)19(23)21-13-14-6-1-2-7-14/h3-5,8-12,14,22H,1-2,6-7,13H2,(H,21,23). The Morgan fingerprint density at radius 1 is 1.08 bits per heavy atom. The number of benzene rings is 2. The number of hydrogen-bond donors (Lipinski definition) is 2. The van der Waals surface area contributed by atoms with Crippen LogP contribution in [0.3, 0.4) is 0 Å². The highest BCUT2D eigenvalue weighted by Crippen LogP contribution is 2.25. The van der Waals surface area contributed by atoms with Crippen LogP contribution in [0.1, 0.15) is 36.0 Å². The lowest BCUT2D eigenvalue weighted by Crippen LogP contribution is -2.28. The van der Waals surface area contributed by atoms with Gasteiger partial charge in [0.05, 0.1) is 15.6 Å². The second kappa shape index (κ2) is 8.10. The van der Waals surface area contributed by atoms with Gasteiger partial charge in [-0.25, -0.2) is 8.42 Å². The van der Waals surface area contributed by atoms with Crippen molar-refractivity contribution in [3.63, 3.8) is 0 Å². The Balaban J connectivity index is 1.73. The largest absolute Gasteiger partial charge is 0.352 e. The molecule has 2 aromatic carbocycles. The highest BCUT2D eigenvalue weighted by Gasteiger charge is 2.19. The van der Waals surface area contributed by atoms with Crippen LogP contribution >= 0.6 is 11.6 Å². The van der Waals surface area contributed by atoms with Gasteiger partial charge in [0.1, 0.15) is 0 Å². The Hall–Kier alpha value is -2.05. The van der Waals surface area contributed by atoms with E-state index in [1.165, 1.54) is 25.0 Å². The van der Waals surface area contributed by atoms with Gasteiger partial charge in [0.2, 0.25) is 0 Å². The zero-order valence-electron chi connectivity index (χ0n) is 14.2. The van der Waals surface area contributed by atoms with Gasteiger partial charge in [-0.2, -0.15) is 0 Å². The molecule has 1 saturated carbocycles. The van der Waals surface area contributed by atoms with Crippen LogP contribution in [-0.4, -0.2) is 20.9 Å². The summed E-state index contributed by atoms with van der Waals surface area (Å²) in [6.07, 6.45) is 4.69. The Labute approximate surface area is 158 Å². The summed E-state index contributed by atoms with van der Waals surface area (Å²) >= 11 is 6.01. The number of amides is 1. The van der Waals surface area contributed by atoms with Crippen LogP contribution < -0.4 is 10.0 Å². The van der Waals surface area contributed by atoms with E-state index < -0.39 is 10.0 Å². The topological polar surface area (TPSA) is 75.3 Å². The quantitative estimate of drug-likeness (QED) is 0.778. The molecule has 1 amide bonds. The summed E-state index contributed by atoms with van der Waals surface area (Å²) in [6.45, 7) is 0.633. The van der Waals surface area contributed by atoms with Gasteiger partial charge in [-0.05, 0) is 49.1 Å². The number of rotatable bonds is 6. The summed E-state index contributed by atoms with van der Waals surface area (Å²) in [5.41, 5.74) is 0.621. The van der Waals surface area contributed by atoms with Crippen molar-refractivity contribution in [3.05, 3.63) is 59.1 Å². The Morgan fingerprint density at radius 3 is 2.54 bits per heavy atom. The van der Waals surface area contributed by atoms with Crippen LogP contribution in [0.2, 0.25) is 5.02 Å². The van der Waals surface area contributed by atoms with Crippen LogP contribution in [0, 0.1) is 5.92 Å². The molecule has 0 radical (unpaired) electrons. The summed E-state index contributed by atoms with van der Waals surface area (Å²) in [6, 6.07) is 12.6. The van der Waals surface area contributed by atoms with E-state index in [0.717, 1.165) is 12.8 Å². The molecule has 1 aliphatic rings. The first-order chi connectivity index (χ1) is 12.5. The summed E-state index contributed by atoms with van der Waals surface area (Å²) < 4.78 is 27.6. The molecule has 2 N–H and O–H groups in total. The predicted octanol–water partition coefficient (Wildman–Crippen LogP) is 4.06. The zero-order valence-corrected chi connectivity index (χ0v) is 15.8. The molecule has 7 heteroatoms. The average molecular weight is 393 g/mol. The predicted molar refractivity (Wildman–Crippen MR) is 103 cm³/mol. The smallest absolute Gasteiger partial charge is 0.261 e. The normalized spacial score (nSPS) is 15.0. The maximum atomic E-state index is 12.6. The van der Waals surface area contributed by atoms with E-state index in [2.05, 4.69) is 10.0 Å². The third kappa shape index (κ3) is 4.56. The maximum absolute atomic E-state index is 12.6. The maximum Gasteiger partial charge on any atom is 0.261 e. The molecule has 0 atom stereocenters. The van der Waals surface area contributed by atoms with Gasteiger partial charge >= 0.3 is 0 Å². The van der Waals surface area contributed by atoms with Crippen LogP contribution in [0.5, 0.6) is 0 Å². The first-order valence-corrected chi connectivity index (χ1v) is 10.5. The van der Waals surface area contributed by atoms with Gasteiger partial charge in [-0.15, -0.1) is 0 Å². The van der Waals surface area contributed by atoms with E-state index in [0.29, 0.717) is 28.7 Å². The van der Waals surface area contributed by atoms with E-state index in [1.807, 2.05) is 0 Å².